The summed E-state index contributed by atoms with van der Waals surface area (Å²) in [7, 11) is 2.26. The SMILES string of the molecule is CCNC(=NCC(C)Cn1nc(C)cc1C)NCC1CCCN(C)C1c1cccs1.I. The monoisotopic (exact) mass is 558 g/mol. The average Bonchev–Trinajstić information content (AvgIpc) is 3.34. The van der Waals surface area contributed by atoms with Crippen molar-refractivity contribution in [2.24, 2.45) is 16.8 Å². The largest absolute Gasteiger partial charge is 0.357 e. The molecule has 0 bridgehead atoms. The standard InChI is InChI=1S/C23H38N6S.HI/c1-6-24-23(25-14-17(2)16-29-19(4)13-18(3)27-29)26-15-20-9-7-11-28(5)22(20)21-10-8-12-30-21;/h8,10,12-13,17,20,22H,6-7,9,11,14-16H2,1-5H3,(H2,24,25,26);1H. The second-order valence-electron chi connectivity index (χ2n) is 8.66. The number of nitrogens with zero attached hydrogens (tertiary/aromatic N) is 4. The number of likely N-dealkylation sites (tertiary alicyclic amines) is 1. The van der Waals surface area contributed by atoms with Crippen LogP contribution in [0.25, 0.3) is 0 Å². The van der Waals surface area contributed by atoms with E-state index >= 15 is 0 Å². The molecule has 1 aliphatic heterocycles. The van der Waals surface area contributed by atoms with Crippen LogP contribution in [0.5, 0.6) is 0 Å². The molecule has 2 N–H and O–H groups in total. The number of nitrogens with one attached hydrogen (secondary N) is 2. The Morgan fingerprint density at radius 1 is 1.35 bits per heavy atom. The molecule has 0 spiro atoms. The average molecular weight is 559 g/mol. The molecule has 174 valence electrons. The van der Waals surface area contributed by atoms with E-state index in [0.29, 0.717) is 17.9 Å². The second kappa shape index (κ2) is 12.8. The lowest BCUT2D eigenvalue weighted by molar-refractivity contribution is 0.125. The molecule has 3 rings (SSSR count). The molecular formula is C23H39IN6S. The number of thiophene rings is 1. The number of hydrogen-bond acceptors (Lipinski definition) is 4. The van der Waals surface area contributed by atoms with Crippen molar-refractivity contribution in [2.45, 2.75) is 53.1 Å². The van der Waals surface area contributed by atoms with Crippen LogP contribution in [0.4, 0.5) is 0 Å². The molecule has 8 heteroatoms. The smallest absolute Gasteiger partial charge is 0.191 e. The van der Waals surface area contributed by atoms with Gasteiger partial charge in [0, 0.05) is 42.8 Å². The summed E-state index contributed by atoms with van der Waals surface area (Å²) in [4.78, 5) is 8.87. The van der Waals surface area contributed by atoms with Gasteiger partial charge in [-0.3, -0.25) is 14.6 Å². The van der Waals surface area contributed by atoms with Gasteiger partial charge < -0.3 is 10.6 Å². The highest BCUT2D eigenvalue weighted by molar-refractivity contribution is 14.0. The maximum absolute atomic E-state index is 4.88. The van der Waals surface area contributed by atoms with Gasteiger partial charge >= 0.3 is 0 Å². The summed E-state index contributed by atoms with van der Waals surface area (Å²) in [5, 5.41) is 13.8. The molecule has 3 unspecified atom stereocenters. The Balaban J connectivity index is 0.00000341. The van der Waals surface area contributed by atoms with Crippen LogP contribution < -0.4 is 10.6 Å². The van der Waals surface area contributed by atoms with Gasteiger partial charge in [-0.2, -0.15) is 5.10 Å². The number of piperidine rings is 1. The molecule has 0 amide bonds. The molecule has 0 aliphatic carbocycles. The maximum Gasteiger partial charge on any atom is 0.191 e. The molecule has 0 saturated carbocycles. The molecular weight excluding hydrogens is 519 g/mol. The van der Waals surface area contributed by atoms with Gasteiger partial charge in [-0.15, -0.1) is 35.3 Å². The van der Waals surface area contributed by atoms with E-state index in [1.165, 1.54) is 30.0 Å². The Hall–Kier alpha value is -1.13. The van der Waals surface area contributed by atoms with Crippen molar-refractivity contribution < 1.29 is 0 Å². The summed E-state index contributed by atoms with van der Waals surface area (Å²) < 4.78 is 2.10. The number of guanidine groups is 1. The second-order valence-corrected chi connectivity index (χ2v) is 9.64. The predicted octanol–water partition coefficient (Wildman–Crippen LogP) is 4.45. The molecule has 2 aromatic heterocycles. The van der Waals surface area contributed by atoms with E-state index in [0.717, 1.165) is 37.8 Å². The van der Waals surface area contributed by atoms with Gasteiger partial charge in [0.1, 0.15) is 0 Å². The van der Waals surface area contributed by atoms with Crippen LogP contribution in [0.3, 0.4) is 0 Å². The van der Waals surface area contributed by atoms with Crippen LogP contribution in [-0.2, 0) is 6.54 Å². The minimum absolute atomic E-state index is 0. The number of aliphatic imine (C=N–C) groups is 1. The van der Waals surface area contributed by atoms with Crippen LogP contribution in [0.15, 0.2) is 28.6 Å². The molecule has 1 saturated heterocycles. The Labute approximate surface area is 208 Å². The van der Waals surface area contributed by atoms with E-state index < -0.39 is 0 Å². The molecule has 2 aromatic rings. The van der Waals surface area contributed by atoms with Gasteiger partial charge in [-0.25, -0.2) is 0 Å². The summed E-state index contributed by atoms with van der Waals surface area (Å²) >= 11 is 1.88. The molecule has 6 nitrogen and oxygen atoms in total. The fourth-order valence-corrected chi connectivity index (χ4v) is 5.40. The predicted molar refractivity (Wildman–Crippen MR) is 143 cm³/mol. The Bertz CT molecular complexity index is 803. The van der Waals surface area contributed by atoms with E-state index in [2.05, 4.69) is 76.7 Å². The van der Waals surface area contributed by atoms with E-state index in [4.69, 9.17) is 4.99 Å². The molecule has 3 heterocycles. The van der Waals surface area contributed by atoms with Gasteiger partial charge in [0.25, 0.3) is 0 Å². The van der Waals surface area contributed by atoms with Crippen molar-refractivity contribution in [3.05, 3.63) is 39.8 Å². The zero-order valence-corrected chi connectivity index (χ0v) is 22.7. The van der Waals surface area contributed by atoms with Crippen molar-refractivity contribution >= 4 is 41.3 Å². The highest BCUT2D eigenvalue weighted by Gasteiger charge is 2.31. The van der Waals surface area contributed by atoms with E-state index in [1.54, 1.807) is 0 Å². The summed E-state index contributed by atoms with van der Waals surface area (Å²) in [6.07, 6.45) is 2.52. The molecule has 1 fully saturated rings. The fourth-order valence-electron chi connectivity index (χ4n) is 4.41. The number of halogens is 1. The lowest BCUT2D eigenvalue weighted by Crippen LogP contribution is -2.45. The van der Waals surface area contributed by atoms with Crippen LogP contribution in [0.1, 0.15) is 49.0 Å². The Kier molecular flexibility index (Phi) is 10.8. The van der Waals surface area contributed by atoms with Crippen LogP contribution in [0, 0.1) is 25.7 Å². The summed E-state index contributed by atoms with van der Waals surface area (Å²) in [6, 6.07) is 7.08. The van der Waals surface area contributed by atoms with Gasteiger partial charge in [-0.05, 0) is 76.6 Å². The van der Waals surface area contributed by atoms with Crippen molar-refractivity contribution in [3.8, 4) is 0 Å². The third kappa shape index (κ3) is 7.46. The molecule has 31 heavy (non-hydrogen) atoms. The van der Waals surface area contributed by atoms with Crippen LogP contribution >= 0.6 is 35.3 Å². The van der Waals surface area contributed by atoms with Crippen molar-refractivity contribution in [2.75, 3.05) is 33.2 Å². The van der Waals surface area contributed by atoms with E-state index in [9.17, 15) is 0 Å². The third-order valence-corrected chi connectivity index (χ3v) is 6.81. The first-order valence-electron chi connectivity index (χ1n) is 11.2. The zero-order valence-electron chi connectivity index (χ0n) is 19.6. The fraction of sp³-hybridized carbons (Fsp3) is 0.652. The number of hydrogen-bond donors (Lipinski definition) is 2. The van der Waals surface area contributed by atoms with Gasteiger partial charge in [-0.1, -0.05) is 13.0 Å². The zero-order chi connectivity index (χ0) is 21.5. The number of aryl methyl sites for hydroxylation is 2. The van der Waals surface area contributed by atoms with E-state index in [-0.39, 0.29) is 24.0 Å². The highest BCUT2D eigenvalue weighted by atomic mass is 127. The molecule has 0 radical (unpaired) electrons. The molecule has 3 atom stereocenters. The first kappa shape index (κ1) is 26.1. The summed E-state index contributed by atoms with van der Waals surface area (Å²) in [5.74, 6) is 1.95. The molecule has 1 aliphatic rings. The van der Waals surface area contributed by atoms with Gasteiger partial charge in [0.15, 0.2) is 5.96 Å². The molecule has 0 aromatic carbocycles. The van der Waals surface area contributed by atoms with Crippen molar-refractivity contribution in [1.82, 2.24) is 25.3 Å². The lowest BCUT2D eigenvalue weighted by atomic mass is 9.88. The van der Waals surface area contributed by atoms with Crippen molar-refractivity contribution in [3.63, 3.8) is 0 Å². The van der Waals surface area contributed by atoms with Crippen LogP contribution in [-0.4, -0.2) is 53.9 Å². The van der Waals surface area contributed by atoms with Crippen LogP contribution in [0.2, 0.25) is 0 Å². The van der Waals surface area contributed by atoms with Gasteiger partial charge in [0.05, 0.1) is 5.69 Å². The Morgan fingerprint density at radius 3 is 2.81 bits per heavy atom. The third-order valence-electron chi connectivity index (χ3n) is 5.87. The lowest BCUT2D eigenvalue weighted by Gasteiger charge is -2.39. The number of aromatic nitrogens is 2. The van der Waals surface area contributed by atoms with E-state index in [1.807, 2.05) is 18.3 Å². The minimum Gasteiger partial charge on any atom is -0.357 e. The first-order valence-corrected chi connectivity index (χ1v) is 12.1. The summed E-state index contributed by atoms with van der Waals surface area (Å²) in [5.41, 5.74) is 2.30. The maximum atomic E-state index is 4.88. The first-order chi connectivity index (χ1) is 14.5. The van der Waals surface area contributed by atoms with Crippen molar-refractivity contribution in [1.29, 1.82) is 0 Å². The Morgan fingerprint density at radius 2 is 2.16 bits per heavy atom. The minimum atomic E-state index is 0. The normalized spacial score (nSPS) is 20.9. The number of rotatable bonds is 8. The topological polar surface area (TPSA) is 57.5 Å². The summed E-state index contributed by atoms with van der Waals surface area (Å²) in [6.45, 7) is 13.2. The quantitative estimate of drug-likeness (QED) is 0.286. The van der Waals surface area contributed by atoms with Gasteiger partial charge in [0.2, 0.25) is 0 Å². The highest BCUT2D eigenvalue weighted by Crippen LogP contribution is 2.36.